The van der Waals surface area contributed by atoms with Gasteiger partial charge in [-0.15, -0.1) is 0 Å². The van der Waals surface area contributed by atoms with Gasteiger partial charge in [-0.25, -0.2) is 9.78 Å². The number of carbonyl (C=O) groups excluding carboxylic acids is 3. The third-order valence-electron chi connectivity index (χ3n) is 5.59. The number of hydrogen-bond acceptors (Lipinski definition) is 11. The molecular formula is C27H42N2O10. The van der Waals surface area contributed by atoms with Crippen molar-refractivity contribution in [2.24, 2.45) is 11.8 Å². The molecule has 12 heteroatoms. The van der Waals surface area contributed by atoms with Crippen molar-refractivity contribution >= 4 is 17.8 Å². The Kier molecular flexibility index (Phi) is 13.4. The number of rotatable bonds is 12. The second kappa shape index (κ2) is 16.2. The molecule has 1 fully saturated rings. The molecule has 0 aliphatic carbocycles. The van der Waals surface area contributed by atoms with Crippen LogP contribution in [0.15, 0.2) is 12.3 Å². The van der Waals surface area contributed by atoms with Gasteiger partial charge >= 0.3 is 11.9 Å². The summed E-state index contributed by atoms with van der Waals surface area (Å²) in [5.41, 5.74) is -0.152. The van der Waals surface area contributed by atoms with Crippen LogP contribution in [0.1, 0.15) is 58.5 Å². The number of aromatic nitrogens is 1. The van der Waals surface area contributed by atoms with Gasteiger partial charge in [0.2, 0.25) is 6.79 Å². The number of methoxy groups -OCH3 is 1. The Balaban J connectivity index is 2.20. The van der Waals surface area contributed by atoms with Crippen LogP contribution in [0.3, 0.4) is 0 Å². The molecule has 1 aromatic heterocycles. The highest BCUT2D eigenvalue weighted by atomic mass is 16.7. The summed E-state index contributed by atoms with van der Waals surface area (Å²) in [6.07, 6.45) is -0.160. The summed E-state index contributed by atoms with van der Waals surface area (Å²) < 4.78 is 39.4. The average Bonchev–Trinajstić information content (AvgIpc) is 2.87. The maximum atomic E-state index is 13.2. The molecule has 12 nitrogen and oxygen atoms in total. The molecule has 2 heterocycles. The van der Waals surface area contributed by atoms with E-state index in [1.165, 1.54) is 26.3 Å². The van der Waals surface area contributed by atoms with E-state index in [4.69, 9.17) is 33.2 Å². The van der Waals surface area contributed by atoms with Gasteiger partial charge in [-0.05, 0) is 18.8 Å². The molecule has 0 unspecified atom stereocenters. The first-order valence-corrected chi connectivity index (χ1v) is 13.1. The minimum atomic E-state index is -1.03. The molecule has 0 spiro atoms. The van der Waals surface area contributed by atoms with Crippen LogP contribution < -0.4 is 14.8 Å². The molecule has 0 radical (unpaired) electrons. The lowest BCUT2D eigenvalue weighted by atomic mass is 10.1. The second-order valence-corrected chi connectivity index (χ2v) is 10.1. The summed E-state index contributed by atoms with van der Waals surface area (Å²) in [4.78, 5) is 41.6. The normalized spacial score (nSPS) is 22.2. The molecule has 1 aromatic rings. The van der Waals surface area contributed by atoms with Crippen molar-refractivity contribution in [3.8, 4) is 11.5 Å². The number of esters is 2. The SMILES string of the molecule is COc1ccnc(C(=O)N[C@H]2CCOC[C@H](OCC(C)C)[C@@H](OCC(C)C)[C@H](C)OC2=O)c1OCOC(C)=O. The fourth-order valence-corrected chi connectivity index (χ4v) is 3.67. The van der Waals surface area contributed by atoms with Crippen LogP contribution in [0.4, 0.5) is 0 Å². The molecule has 1 saturated heterocycles. The topological polar surface area (TPSA) is 141 Å². The maximum absolute atomic E-state index is 13.2. The molecule has 0 saturated carbocycles. The molecule has 1 amide bonds. The molecule has 0 bridgehead atoms. The van der Waals surface area contributed by atoms with E-state index in [2.05, 4.69) is 10.3 Å². The minimum absolute atomic E-state index is 0.0381. The first-order chi connectivity index (χ1) is 18.5. The number of hydrogen-bond donors (Lipinski definition) is 1. The molecule has 39 heavy (non-hydrogen) atoms. The molecule has 1 N–H and O–H groups in total. The van der Waals surface area contributed by atoms with Gasteiger partial charge in [0.05, 0.1) is 13.7 Å². The molecule has 1 aliphatic heterocycles. The van der Waals surface area contributed by atoms with Crippen molar-refractivity contribution in [2.45, 2.75) is 72.3 Å². The lowest BCUT2D eigenvalue weighted by molar-refractivity contribution is -0.181. The van der Waals surface area contributed by atoms with E-state index in [0.29, 0.717) is 19.1 Å². The number of nitrogens with zero attached hydrogens (tertiary/aromatic N) is 1. The van der Waals surface area contributed by atoms with Gasteiger partial charge in [0, 0.05) is 45.4 Å². The molecule has 220 valence electrons. The fraction of sp³-hybridized carbons (Fsp3) is 0.704. The molecule has 1 aliphatic rings. The van der Waals surface area contributed by atoms with Gasteiger partial charge in [-0.3, -0.25) is 9.59 Å². The third kappa shape index (κ3) is 10.6. The number of ether oxygens (including phenoxy) is 7. The number of pyridine rings is 1. The Morgan fingerprint density at radius 3 is 2.49 bits per heavy atom. The first-order valence-electron chi connectivity index (χ1n) is 13.1. The van der Waals surface area contributed by atoms with Gasteiger partial charge in [-0.2, -0.15) is 0 Å². The van der Waals surface area contributed by atoms with Gasteiger partial charge < -0.3 is 38.5 Å². The Morgan fingerprint density at radius 1 is 1.15 bits per heavy atom. The third-order valence-corrected chi connectivity index (χ3v) is 5.59. The fourth-order valence-electron chi connectivity index (χ4n) is 3.67. The van der Waals surface area contributed by atoms with Crippen LogP contribution >= 0.6 is 0 Å². The van der Waals surface area contributed by atoms with E-state index in [9.17, 15) is 14.4 Å². The first kappa shape index (κ1) is 32.3. The quantitative estimate of drug-likeness (QED) is 0.301. The van der Waals surface area contributed by atoms with Gasteiger partial charge in [-0.1, -0.05) is 27.7 Å². The lowest BCUT2D eigenvalue weighted by Crippen LogP contribution is -2.50. The minimum Gasteiger partial charge on any atom is -0.493 e. The largest absolute Gasteiger partial charge is 0.493 e. The van der Waals surface area contributed by atoms with Crippen molar-refractivity contribution in [2.75, 3.05) is 40.3 Å². The smallest absolute Gasteiger partial charge is 0.329 e. The summed E-state index contributed by atoms with van der Waals surface area (Å²) in [5.74, 6) is -1.19. The predicted octanol–water partition coefficient (Wildman–Crippen LogP) is 2.52. The summed E-state index contributed by atoms with van der Waals surface area (Å²) in [5, 5.41) is 2.66. The maximum Gasteiger partial charge on any atom is 0.329 e. The number of cyclic esters (lactones) is 1. The highest BCUT2D eigenvalue weighted by molar-refractivity contribution is 5.98. The zero-order chi connectivity index (χ0) is 28.9. The Bertz CT molecular complexity index is 939. The monoisotopic (exact) mass is 554 g/mol. The summed E-state index contributed by atoms with van der Waals surface area (Å²) in [7, 11) is 1.39. The lowest BCUT2D eigenvalue weighted by Gasteiger charge is -2.34. The predicted molar refractivity (Wildman–Crippen MR) is 139 cm³/mol. The van der Waals surface area contributed by atoms with E-state index >= 15 is 0 Å². The number of carbonyl (C=O) groups is 3. The van der Waals surface area contributed by atoms with Gasteiger partial charge in [0.1, 0.15) is 24.4 Å². The van der Waals surface area contributed by atoms with Gasteiger partial charge in [0.25, 0.3) is 5.91 Å². The summed E-state index contributed by atoms with van der Waals surface area (Å²) in [6.45, 7) is 12.0. The summed E-state index contributed by atoms with van der Waals surface area (Å²) >= 11 is 0. The Hall–Kier alpha value is -2.96. The zero-order valence-corrected chi connectivity index (χ0v) is 23.9. The van der Waals surface area contributed by atoms with Crippen LogP contribution in [-0.2, 0) is 33.3 Å². The Morgan fingerprint density at radius 2 is 1.85 bits per heavy atom. The van der Waals surface area contributed by atoms with Crippen molar-refractivity contribution < 1.29 is 47.5 Å². The van der Waals surface area contributed by atoms with Crippen LogP contribution in [0.2, 0.25) is 0 Å². The van der Waals surface area contributed by atoms with Crippen LogP contribution in [0, 0.1) is 11.8 Å². The highest BCUT2D eigenvalue weighted by Gasteiger charge is 2.36. The van der Waals surface area contributed by atoms with E-state index in [-0.39, 0.29) is 42.7 Å². The highest BCUT2D eigenvalue weighted by Crippen LogP contribution is 2.29. The van der Waals surface area contributed by atoms with Crippen molar-refractivity contribution in [3.63, 3.8) is 0 Å². The van der Waals surface area contributed by atoms with E-state index < -0.39 is 49.0 Å². The van der Waals surface area contributed by atoms with Crippen LogP contribution in [-0.4, -0.2) is 87.5 Å². The van der Waals surface area contributed by atoms with Crippen molar-refractivity contribution in [3.05, 3.63) is 18.0 Å². The standard InChI is InChI=1S/C27H42N2O10/c1-16(2)12-35-22-14-34-11-9-20(27(32)39-18(5)24(22)36-13-17(3)4)29-26(31)23-25(38-15-37-19(6)30)21(33-7)8-10-28-23/h8,10,16-18,20,22,24H,9,11-15H2,1-7H3,(H,29,31)/t18-,20-,22-,24-/m0/s1. The summed E-state index contributed by atoms with van der Waals surface area (Å²) in [6, 6.07) is 0.454. The molecular weight excluding hydrogens is 512 g/mol. The van der Waals surface area contributed by atoms with E-state index in [1.54, 1.807) is 6.92 Å². The molecule has 0 aromatic carbocycles. The number of amides is 1. The van der Waals surface area contributed by atoms with Crippen LogP contribution in [0.5, 0.6) is 11.5 Å². The van der Waals surface area contributed by atoms with Crippen LogP contribution in [0.25, 0.3) is 0 Å². The van der Waals surface area contributed by atoms with Crippen molar-refractivity contribution in [1.82, 2.24) is 10.3 Å². The van der Waals surface area contributed by atoms with Crippen molar-refractivity contribution in [1.29, 1.82) is 0 Å². The second-order valence-electron chi connectivity index (χ2n) is 10.1. The zero-order valence-electron chi connectivity index (χ0n) is 23.9. The molecule has 2 rings (SSSR count). The van der Waals surface area contributed by atoms with E-state index in [0.717, 1.165) is 0 Å². The number of nitrogens with one attached hydrogen (secondary N) is 1. The average molecular weight is 555 g/mol. The Labute approximate surface area is 230 Å². The molecule has 4 atom stereocenters. The van der Waals surface area contributed by atoms with Gasteiger partial charge in [0.15, 0.2) is 17.2 Å². The van der Waals surface area contributed by atoms with E-state index in [1.807, 2.05) is 27.7 Å².